The van der Waals surface area contributed by atoms with Crippen molar-refractivity contribution in [2.75, 3.05) is 6.54 Å². The van der Waals surface area contributed by atoms with Crippen molar-refractivity contribution in [1.29, 1.82) is 0 Å². The van der Waals surface area contributed by atoms with Crippen LogP contribution in [0, 0.1) is 19.3 Å². The largest absolute Gasteiger partial charge is 0.481 e. The van der Waals surface area contributed by atoms with Crippen LogP contribution in [0.25, 0.3) is 0 Å². The van der Waals surface area contributed by atoms with Gasteiger partial charge in [0, 0.05) is 12.1 Å². The first-order chi connectivity index (χ1) is 8.46. The smallest absolute Gasteiger partial charge is 0.311 e. The maximum atomic E-state index is 12.0. The normalized spacial score (nSPS) is 16.1. The molecule has 1 amide bonds. The van der Waals surface area contributed by atoms with Crippen LogP contribution in [-0.4, -0.2) is 23.5 Å². The van der Waals surface area contributed by atoms with Gasteiger partial charge >= 0.3 is 5.97 Å². The third-order valence-corrected chi connectivity index (χ3v) is 3.74. The molecule has 1 aromatic carbocycles. The van der Waals surface area contributed by atoms with Gasteiger partial charge in [-0.05, 0) is 43.9 Å². The predicted molar refractivity (Wildman–Crippen MR) is 67.6 cm³/mol. The Morgan fingerprint density at radius 3 is 2.56 bits per heavy atom. The zero-order valence-electron chi connectivity index (χ0n) is 10.6. The molecule has 0 aromatic heterocycles. The summed E-state index contributed by atoms with van der Waals surface area (Å²) in [5.74, 6) is -1.01. The molecule has 96 valence electrons. The number of hydrogen-bond acceptors (Lipinski definition) is 2. The van der Waals surface area contributed by atoms with E-state index in [0.717, 1.165) is 11.1 Å². The highest BCUT2D eigenvalue weighted by Crippen LogP contribution is 2.45. The van der Waals surface area contributed by atoms with Crippen LogP contribution >= 0.6 is 0 Å². The van der Waals surface area contributed by atoms with E-state index in [1.165, 1.54) is 0 Å². The summed E-state index contributed by atoms with van der Waals surface area (Å²) in [4.78, 5) is 23.0. The van der Waals surface area contributed by atoms with Gasteiger partial charge in [0.25, 0.3) is 5.91 Å². The molecule has 0 heterocycles. The van der Waals surface area contributed by atoms with E-state index in [0.29, 0.717) is 18.4 Å². The van der Waals surface area contributed by atoms with Gasteiger partial charge in [0.2, 0.25) is 0 Å². The summed E-state index contributed by atoms with van der Waals surface area (Å²) in [6.07, 6.45) is 1.30. The lowest BCUT2D eigenvalue weighted by atomic mass is 10.0. The fourth-order valence-corrected chi connectivity index (χ4v) is 1.96. The fourth-order valence-electron chi connectivity index (χ4n) is 1.96. The summed E-state index contributed by atoms with van der Waals surface area (Å²) in [6.45, 7) is 4.06. The van der Waals surface area contributed by atoms with E-state index >= 15 is 0 Å². The molecular weight excluding hydrogens is 230 g/mol. The predicted octanol–water partition coefficient (Wildman–Crippen LogP) is 1.90. The first-order valence-corrected chi connectivity index (χ1v) is 6.04. The van der Waals surface area contributed by atoms with Gasteiger partial charge in [-0.2, -0.15) is 0 Å². The van der Waals surface area contributed by atoms with Crippen LogP contribution in [0.3, 0.4) is 0 Å². The van der Waals surface area contributed by atoms with E-state index in [1.54, 1.807) is 6.07 Å². The highest BCUT2D eigenvalue weighted by atomic mass is 16.4. The second kappa shape index (κ2) is 4.44. The van der Waals surface area contributed by atoms with E-state index in [1.807, 2.05) is 26.0 Å². The molecule has 1 aliphatic carbocycles. The molecule has 0 bridgehead atoms. The molecule has 0 radical (unpaired) electrons. The Morgan fingerprint density at radius 1 is 1.33 bits per heavy atom. The summed E-state index contributed by atoms with van der Waals surface area (Å²) in [5.41, 5.74) is 1.90. The van der Waals surface area contributed by atoms with Crippen molar-refractivity contribution >= 4 is 11.9 Å². The van der Waals surface area contributed by atoms with Crippen molar-refractivity contribution in [1.82, 2.24) is 5.32 Å². The Labute approximate surface area is 106 Å². The van der Waals surface area contributed by atoms with Crippen LogP contribution in [-0.2, 0) is 4.79 Å². The Hall–Kier alpha value is -1.84. The van der Waals surface area contributed by atoms with Crippen molar-refractivity contribution in [3.8, 4) is 0 Å². The van der Waals surface area contributed by atoms with Gasteiger partial charge in [-0.25, -0.2) is 0 Å². The average Bonchev–Trinajstić information content (AvgIpc) is 3.11. The first-order valence-electron chi connectivity index (χ1n) is 6.04. The number of carbonyl (C=O) groups excluding carboxylic acids is 1. The molecule has 0 saturated heterocycles. The fraction of sp³-hybridized carbons (Fsp3) is 0.429. The highest BCUT2D eigenvalue weighted by Gasteiger charge is 2.50. The summed E-state index contributed by atoms with van der Waals surface area (Å²) in [7, 11) is 0. The lowest BCUT2D eigenvalue weighted by Crippen LogP contribution is -2.34. The average molecular weight is 247 g/mol. The Bertz CT molecular complexity index is 504. The number of rotatable bonds is 4. The number of nitrogens with one attached hydrogen (secondary N) is 1. The SMILES string of the molecule is Cc1cccc(C(=O)NCC2(C(=O)O)CC2)c1C. The molecule has 4 nitrogen and oxygen atoms in total. The van der Waals surface area contributed by atoms with Gasteiger partial charge in [0.15, 0.2) is 0 Å². The zero-order chi connectivity index (χ0) is 13.3. The van der Waals surface area contributed by atoms with Crippen molar-refractivity contribution in [2.24, 2.45) is 5.41 Å². The Morgan fingerprint density at radius 2 is 2.00 bits per heavy atom. The number of benzene rings is 1. The third-order valence-electron chi connectivity index (χ3n) is 3.74. The molecule has 0 unspecified atom stereocenters. The number of hydrogen-bond donors (Lipinski definition) is 2. The van der Waals surface area contributed by atoms with E-state index in [2.05, 4.69) is 5.32 Å². The van der Waals surface area contributed by atoms with Crippen LogP contribution in [0.4, 0.5) is 0 Å². The monoisotopic (exact) mass is 247 g/mol. The van der Waals surface area contributed by atoms with Crippen LogP contribution in [0.5, 0.6) is 0 Å². The van der Waals surface area contributed by atoms with Gasteiger partial charge in [-0.3, -0.25) is 9.59 Å². The standard InChI is InChI=1S/C14H17NO3/c1-9-4-3-5-11(10(9)2)12(16)15-8-14(6-7-14)13(17)18/h3-5H,6-8H2,1-2H3,(H,15,16)(H,17,18). The van der Waals surface area contributed by atoms with Gasteiger partial charge in [0.05, 0.1) is 5.41 Å². The van der Waals surface area contributed by atoms with Crippen molar-refractivity contribution < 1.29 is 14.7 Å². The summed E-state index contributed by atoms with van der Waals surface area (Å²) < 4.78 is 0. The van der Waals surface area contributed by atoms with E-state index < -0.39 is 11.4 Å². The van der Waals surface area contributed by atoms with Crippen LogP contribution < -0.4 is 5.32 Å². The van der Waals surface area contributed by atoms with Crippen LogP contribution in [0.15, 0.2) is 18.2 Å². The summed E-state index contributed by atoms with van der Waals surface area (Å²) >= 11 is 0. The quantitative estimate of drug-likeness (QED) is 0.854. The second-order valence-electron chi connectivity index (χ2n) is 5.02. The Kier molecular flexibility index (Phi) is 3.11. The van der Waals surface area contributed by atoms with Crippen LogP contribution in [0.2, 0.25) is 0 Å². The number of aliphatic carboxylic acids is 1. The number of carboxylic acid groups (broad SMARTS) is 1. The van der Waals surface area contributed by atoms with Gasteiger partial charge in [-0.1, -0.05) is 12.1 Å². The molecule has 1 saturated carbocycles. The highest BCUT2D eigenvalue weighted by molar-refractivity contribution is 5.96. The molecule has 0 aliphatic heterocycles. The molecule has 4 heteroatoms. The lowest BCUT2D eigenvalue weighted by Gasteiger charge is -2.13. The molecule has 1 aromatic rings. The first kappa shape index (κ1) is 12.6. The molecule has 0 atom stereocenters. The van der Waals surface area contributed by atoms with Crippen molar-refractivity contribution in [3.05, 3.63) is 34.9 Å². The third kappa shape index (κ3) is 2.23. The number of carbonyl (C=O) groups is 2. The summed E-state index contributed by atoms with van der Waals surface area (Å²) in [5, 5.41) is 11.8. The molecule has 1 aliphatic rings. The van der Waals surface area contributed by atoms with E-state index in [4.69, 9.17) is 5.11 Å². The van der Waals surface area contributed by atoms with Crippen molar-refractivity contribution in [3.63, 3.8) is 0 Å². The number of amides is 1. The van der Waals surface area contributed by atoms with Crippen molar-refractivity contribution in [2.45, 2.75) is 26.7 Å². The van der Waals surface area contributed by atoms with Gasteiger partial charge in [-0.15, -0.1) is 0 Å². The maximum absolute atomic E-state index is 12.0. The minimum atomic E-state index is -0.816. The molecule has 2 N–H and O–H groups in total. The molecule has 18 heavy (non-hydrogen) atoms. The maximum Gasteiger partial charge on any atom is 0.311 e. The molecule has 1 fully saturated rings. The number of aryl methyl sites for hydroxylation is 1. The second-order valence-corrected chi connectivity index (χ2v) is 5.02. The topological polar surface area (TPSA) is 66.4 Å². The van der Waals surface area contributed by atoms with Gasteiger partial charge in [0.1, 0.15) is 0 Å². The number of carboxylic acids is 1. The minimum absolute atomic E-state index is 0.191. The van der Waals surface area contributed by atoms with Gasteiger partial charge < -0.3 is 10.4 Å². The van der Waals surface area contributed by atoms with E-state index in [9.17, 15) is 9.59 Å². The molecular formula is C14H17NO3. The minimum Gasteiger partial charge on any atom is -0.481 e. The zero-order valence-corrected chi connectivity index (χ0v) is 10.6. The summed E-state index contributed by atoms with van der Waals surface area (Å²) in [6, 6.07) is 5.55. The molecule has 2 rings (SSSR count). The lowest BCUT2D eigenvalue weighted by molar-refractivity contribution is -0.143. The van der Waals surface area contributed by atoms with E-state index in [-0.39, 0.29) is 12.5 Å². The van der Waals surface area contributed by atoms with Crippen LogP contribution in [0.1, 0.15) is 34.3 Å². The Balaban J connectivity index is 2.05. The molecule has 0 spiro atoms.